The second-order valence-corrected chi connectivity index (χ2v) is 11.6. The third-order valence-corrected chi connectivity index (χ3v) is 8.51. The first-order valence-electron chi connectivity index (χ1n) is 12.3. The van der Waals surface area contributed by atoms with Gasteiger partial charge in [-0.05, 0) is 25.7 Å². The number of H-pyrrole nitrogens is 1. The van der Waals surface area contributed by atoms with Crippen molar-refractivity contribution in [2.24, 2.45) is 17.9 Å². The second-order valence-electron chi connectivity index (χ2n) is 11.6. The average molecular weight is 492 g/mol. The molecule has 5 heterocycles. The first-order valence-corrected chi connectivity index (χ1v) is 12.3. The number of rotatable bonds is 4. The van der Waals surface area contributed by atoms with E-state index in [0.29, 0.717) is 38.0 Å². The van der Waals surface area contributed by atoms with Crippen LogP contribution in [0.15, 0.2) is 0 Å². The number of carbonyl (C=O) groups excluding carboxylic acids is 1. The molecule has 13 heteroatoms. The third kappa shape index (κ3) is 3.45. The fourth-order valence-corrected chi connectivity index (χ4v) is 6.71. The minimum absolute atomic E-state index is 0.00589. The summed E-state index contributed by atoms with van der Waals surface area (Å²) in [6, 6.07) is 0.0899. The predicted molar refractivity (Wildman–Crippen MR) is 115 cm³/mol. The highest BCUT2D eigenvalue weighted by Crippen LogP contribution is 2.56. The Hall–Kier alpha value is -2.70. The van der Waals surface area contributed by atoms with Gasteiger partial charge in [-0.25, -0.2) is 14.5 Å². The Balaban J connectivity index is 0.862. The van der Waals surface area contributed by atoms with E-state index in [2.05, 4.69) is 25.5 Å². The van der Waals surface area contributed by atoms with E-state index in [1.54, 1.807) is 0 Å². The number of nitrogens with one attached hydrogen (secondary N) is 1. The van der Waals surface area contributed by atoms with E-state index in [0.717, 1.165) is 42.3 Å². The van der Waals surface area contributed by atoms with Crippen LogP contribution in [0.4, 0.5) is 18.0 Å². The van der Waals surface area contributed by atoms with Crippen LogP contribution in [0.2, 0.25) is 0 Å². The van der Waals surface area contributed by atoms with Crippen LogP contribution in [0.3, 0.4) is 0 Å². The van der Waals surface area contributed by atoms with Crippen molar-refractivity contribution in [1.82, 2.24) is 44.9 Å². The van der Waals surface area contributed by atoms with Crippen LogP contribution in [0.25, 0.3) is 0 Å². The van der Waals surface area contributed by atoms with Crippen molar-refractivity contribution >= 4 is 6.03 Å². The number of aromatic amines is 1. The Kier molecular flexibility index (Phi) is 4.28. The number of hydrogen-bond acceptors (Lipinski definition) is 6. The lowest BCUT2D eigenvalue weighted by molar-refractivity contribution is -0.146. The molecule has 188 valence electrons. The van der Waals surface area contributed by atoms with Crippen LogP contribution in [0, 0.1) is 10.8 Å². The van der Waals surface area contributed by atoms with E-state index in [4.69, 9.17) is 0 Å². The van der Waals surface area contributed by atoms with Gasteiger partial charge in [0.1, 0.15) is 11.5 Å². The van der Waals surface area contributed by atoms with Crippen molar-refractivity contribution in [2.45, 2.75) is 50.2 Å². The van der Waals surface area contributed by atoms with E-state index < -0.39 is 11.9 Å². The third-order valence-electron chi connectivity index (χ3n) is 8.51. The molecule has 0 radical (unpaired) electrons. The van der Waals surface area contributed by atoms with Crippen LogP contribution in [-0.2, 0) is 19.8 Å². The molecule has 2 saturated carbocycles. The van der Waals surface area contributed by atoms with Crippen LogP contribution in [0.1, 0.15) is 60.6 Å². The standard InChI is InChI=1S/C22H28F3N9O/c1-31-16(22(23,24)25)15(27-30-31)6-32-7-21(8-32)11-34(12-21)19(35)33-9-20(10-33)4-14(5-20)18-26-17(28-29-18)13-2-3-13/h13-14H,2-12H2,1H3,(H,26,28,29). The van der Waals surface area contributed by atoms with Crippen LogP contribution >= 0.6 is 0 Å². The van der Waals surface area contributed by atoms with Crippen LogP contribution in [0.5, 0.6) is 0 Å². The summed E-state index contributed by atoms with van der Waals surface area (Å²) in [5.41, 5.74) is -0.594. The quantitative estimate of drug-likeness (QED) is 0.702. The van der Waals surface area contributed by atoms with Gasteiger partial charge in [0.2, 0.25) is 0 Å². The highest BCUT2D eigenvalue weighted by Gasteiger charge is 2.58. The summed E-state index contributed by atoms with van der Waals surface area (Å²) in [6.45, 7) is 4.42. The normalized spacial score (nSPS) is 25.4. The molecule has 2 amide bonds. The molecule has 3 aliphatic heterocycles. The first kappa shape index (κ1) is 21.6. The maximum atomic E-state index is 13.2. The van der Waals surface area contributed by atoms with Crippen molar-refractivity contribution in [3.63, 3.8) is 0 Å². The molecule has 1 N–H and O–H groups in total. The molecule has 0 bridgehead atoms. The summed E-state index contributed by atoms with van der Waals surface area (Å²) in [6.07, 6.45) is 0.0206. The Morgan fingerprint density at radius 2 is 1.69 bits per heavy atom. The summed E-state index contributed by atoms with van der Waals surface area (Å²) < 4.78 is 40.5. The van der Waals surface area contributed by atoms with Gasteiger partial charge in [-0.15, -0.1) is 5.10 Å². The number of aromatic nitrogens is 6. The first-order chi connectivity index (χ1) is 16.6. The number of nitrogens with zero attached hydrogens (tertiary/aromatic N) is 8. The number of amides is 2. The molecular formula is C22H28F3N9O. The number of aryl methyl sites for hydroxylation is 1. The molecule has 5 fully saturated rings. The molecule has 2 aromatic rings. The van der Waals surface area contributed by atoms with Gasteiger partial charge in [0.25, 0.3) is 0 Å². The summed E-state index contributed by atoms with van der Waals surface area (Å²) in [7, 11) is 1.26. The molecule has 5 aliphatic rings. The predicted octanol–water partition coefficient (Wildman–Crippen LogP) is 1.95. The summed E-state index contributed by atoms with van der Waals surface area (Å²) >= 11 is 0. The molecule has 2 aromatic heterocycles. The minimum atomic E-state index is -4.47. The largest absolute Gasteiger partial charge is 0.434 e. The van der Waals surface area contributed by atoms with Crippen LogP contribution in [-0.4, -0.2) is 90.2 Å². The van der Waals surface area contributed by atoms with Crippen molar-refractivity contribution in [1.29, 1.82) is 0 Å². The van der Waals surface area contributed by atoms with Crippen molar-refractivity contribution < 1.29 is 18.0 Å². The SMILES string of the molecule is Cn1nnc(CN2CC3(C2)CN(C(=O)N2CC4(CC(c5nc(C6CC6)n[nH]5)C4)C2)C3)c1C(F)(F)F. The number of urea groups is 1. The zero-order valence-corrected chi connectivity index (χ0v) is 19.6. The van der Waals surface area contributed by atoms with Gasteiger partial charge in [-0.3, -0.25) is 10.00 Å². The van der Waals surface area contributed by atoms with E-state index in [1.165, 1.54) is 19.9 Å². The number of halogens is 3. The van der Waals surface area contributed by atoms with Gasteiger partial charge < -0.3 is 9.80 Å². The van der Waals surface area contributed by atoms with Gasteiger partial charge >= 0.3 is 12.2 Å². The Bertz CT molecular complexity index is 1160. The monoisotopic (exact) mass is 491 g/mol. The molecule has 3 saturated heterocycles. The van der Waals surface area contributed by atoms with Gasteiger partial charge in [-0.2, -0.15) is 18.3 Å². The smallest absolute Gasteiger partial charge is 0.323 e. The Morgan fingerprint density at radius 3 is 2.31 bits per heavy atom. The number of alkyl halides is 3. The number of hydrogen-bond donors (Lipinski definition) is 1. The maximum Gasteiger partial charge on any atom is 0.434 e. The van der Waals surface area contributed by atoms with Gasteiger partial charge in [0, 0.05) is 75.5 Å². The fraction of sp³-hybridized carbons (Fsp3) is 0.773. The molecule has 10 nitrogen and oxygen atoms in total. The number of likely N-dealkylation sites (tertiary alicyclic amines) is 3. The topological polar surface area (TPSA) is 99.1 Å². The van der Waals surface area contributed by atoms with Crippen molar-refractivity contribution in [2.75, 3.05) is 39.3 Å². The highest BCUT2D eigenvalue weighted by atomic mass is 19.4. The fourth-order valence-electron chi connectivity index (χ4n) is 6.71. The molecule has 7 rings (SSSR count). The zero-order valence-electron chi connectivity index (χ0n) is 19.6. The molecule has 0 unspecified atom stereocenters. The Labute approximate surface area is 199 Å². The lowest BCUT2D eigenvalue weighted by atomic mass is 9.57. The maximum absolute atomic E-state index is 13.2. The van der Waals surface area contributed by atoms with Gasteiger partial charge in [0.15, 0.2) is 11.5 Å². The molecule has 0 atom stereocenters. The summed E-state index contributed by atoms with van der Waals surface area (Å²) in [5, 5.41) is 14.7. The molecule has 35 heavy (non-hydrogen) atoms. The molecular weight excluding hydrogens is 463 g/mol. The van der Waals surface area contributed by atoms with E-state index in [1.807, 2.05) is 14.7 Å². The van der Waals surface area contributed by atoms with E-state index >= 15 is 0 Å². The zero-order chi connectivity index (χ0) is 24.2. The average Bonchev–Trinajstić information content (AvgIpc) is 3.28. The van der Waals surface area contributed by atoms with Crippen molar-refractivity contribution in [3.8, 4) is 0 Å². The lowest BCUT2D eigenvalue weighted by Crippen LogP contribution is -2.75. The lowest BCUT2D eigenvalue weighted by Gasteiger charge is -2.63. The van der Waals surface area contributed by atoms with Gasteiger partial charge in [0.05, 0.1) is 0 Å². The van der Waals surface area contributed by atoms with Crippen molar-refractivity contribution in [3.05, 3.63) is 23.0 Å². The highest BCUT2D eigenvalue weighted by molar-refractivity contribution is 5.77. The van der Waals surface area contributed by atoms with Gasteiger partial charge in [-0.1, -0.05) is 5.21 Å². The second kappa shape index (κ2) is 6.95. The van der Waals surface area contributed by atoms with Crippen LogP contribution < -0.4 is 0 Å². The van der Waals surface area contributed by atoms with E-state index in [-0.39, 0.29) is 29.1 Å². The molecule has 2 aliphatic carbocycles. The summed E-state index contributed by atoms with van der Waals surface area (Å²) in [5.74, 6) is 2.95. The summed E-state index contributed by atoms with van der Waals surface area (Å²) in [4.78, 5) is 23.3. The molecule has 2 spiro atoms. The number of carbonyl (C=O) groups is 1. The minimum Gasteiger partial charge on any atom is -0.323 e. The molecule has 0 aromatic carbocycles. The van der Waals surface area contributed by atoms with E-state index in [9.17, 15) is 18.0 Å². The Morgan fingerprint density at radius 1 is 1.03 bits per heavy atom.